The summed E-state index contributed by atoms with van der Waals surface area (Å²) in [5.74, 6) is 0.968. The van der Waals surface area contributed by atoms with Crippen LogP contribution in [0.5, 0.6) is 11.5 Å². The van der Waals surface area contributed by atoms with Gasteiger partial charge in [-0.25, -0.2) is 0 Å². The first-order chi connectivity index (χ1) is 6.74. The average Bonchev–Trinajstić information content (AvgIpc) is 2.23. The first-order valence-electron chi connectivity index (χ1n) is 5.12. The molecule has 0 bridgehead atoms. The fourth-order valence-electron chi connectivity index (χ4n) is 2.26. The zero-order chi connectivity index (χ0) is 10.1. The number of rotatable bonds is 1. The molecule has 0 unspecified atom stereocenters. The quantitative estimate of drug-likeness (QED) is 0.741. The van der Waals surface area contributed by atoms with E-state index in [2.05, 4.69) is 6.92 Å². The van der Waals surface area contributed by atoms with Crippen LogP contribution in [-0.4, -0.2) is 12.2 Å². The molecule has 2 rings (SSSR count). The van der Waals surface area contributed by atoms with Gasteiger partial charge in [0.25, 0.3) is 0 Å². The maximum atomic E-state index is 9.93. The Balaban J connectivity index is 2.58. The smallest absolute Gasteiger partial charge is 0.161 e. The van der Waals surface area contributed by atoms with E-state index >= 15 is 0 Å². The van der Waals surface area contributed by atoms with Crippen molar-refractivity contribution >= 4 is 0 Å². The maximum Gasteiger partial charge on any atom is 0.161 e. The lowest BCUT2D eigenvalue weighted by atomic mass is 9.87. The van der Waals surface area contributed by atoms with Crippen LogP contribution in [0.25, 0.3) is 0 Å². The molecular weight excluding hydrogens is 176 g/mol. The molecule has 0 amide bonds. The lowest BCUT2D eigenvalue weighted by Gasteiger charge is -2.20. The van der Waals surface area contributed by atoms with Crippen molar-refractivity contribution in [1.29, 1.82) is 0 Å². The van der Waals surface area contributed by atoms with Crippen molar-refractivity contribution in [2.45, 2.75) is 32.6 Å². The zero-order valence-corrected chi connectivity index (χ0v) is 8.76. The highest BCUT2D eigenvalue weighted by atomic mass is 16.5. The third kappa shape index (κ3) is 1.35. The molecule has 0 atom stereocenters. The monoisotopic (exact) mass is 192 g/mol. The predicted molar refractivity (Wildman–Crippen MR) is 56.0 cm³/mol. The number of aryl methyl sites for hydroxylation is 1. The van der Waals surface area contributed by atoms with Crippen molar-refractivity contribution in [3.05, 3.63) is 22.8 Å². The van der Waals surface area contributed by atoms with Gasteiger partial charge in [0.15, 0.2) is 11.5 Å². The maximum absolute atomic E-state index is 9.93. The SMILES string of the molecule is COc1cc(C)c2c(c1O)CCCC2. The topological polar surface area (TPSA) is 29.5 Å². The molecule has 0 saturated heterocycles. The molecule has 1 aliphatic rings. The van der Waals surface area contributed by atoms with Crippen LogP contribution in [0.1, 0.15) is 29.5 Å². The van der Waals surface area contributed by atoms with Crippen LogP contribution in [0.15, 0.2) is 6.07 Å². The van der Waals surface area contributed by atoms with Crippen LogP contribution in [0, 0.1) is 6.92 Å². The molecule has 0 radical (unpaired) electrons. The summed E-state index contributed by atoms with van der Waals surface area (Å²) in [7, 11) is 1.60. The van der Waals surface area contributed by atoms with Gasteiger partial charge in [0.1, 0.15) is 0 Å². The average molecular weight is 192 g/mol. The van der Waals surface area contributed by atoms with E-state index in [1.54, 1.807) is 7.11 Å². The van der Waals surface area contributed by atoms with Crippen molar-refractivity contribution in [3.63, 3.8) is 0 Å². The fourth-order valence-corrected chi connectivity index (χ4v) is 2.26. The minimum absolute atomic E-state index is 0.354. The van der Waals surface area contributed by atoms with Crippen LogP contribution in [0.4, 0.5) is 0 Å². The van der Waals surface area contributed by atoms with E-state index in [1.807, 2.05) is 6.07 Å². The summed E-state index contributed by atoms with van der Waals surface area (Å²) in [6.45, 7) is 2.09. The Morgan fingerprint density at radius 1 is 1.21 bits per heavy atom. The summed E-state index contributed by atoms with van der Waals surface area (Å²) in [6.07, 6.45) is 4.49. The highest BCUT2D eigenvalue weighted by molar-refractivity contribution is 5.54. The Hall–Kier alpha value is -1.18. The van der Waals surface area contributed by atoms with Crippen molar-refractivity contribution in [1.82, 2.24) is 0 Å². The van der Waals surface area contributed by atoms with Gasteiger partial charge >= 0.3 is 0 Å². The number of phenolic OH excluding ortho intramolecular Hbond substituents is 1. The molecule has 2 heteroatoms. The molecule has 0 aromatic heterocycles. The van der Waals surface area contributed by atoms with Gasteiger partial charge in [-0.2, -0.15) is 0 Å². The molecule has 0 heterocycles. The van der Waals surface area contributed by atoms with Gasteiger partial charge in [0.05, 0.1) is 7.11 Å². The van der Waals surface area contributed by atoms with E-state index in [4.69, 9.17) is 4.74 Å². The van der Waals surface area contributed by atoms with Crippen LogP contribution in [-0.2, 0) is 12.8 Å². The van der Waals surface area contributed by atoms with E-state index in [9.17, 15) is 5.11 Å². The van der Waals surface area contributed by atoms with Gasteiger partial charge in [0.2, 0.25) is 0 Å². The number of hydrogen-bond donors (Lipinski definition) is 1. The first kappa shape index (κ1) is 9.38. The van der Waals surface area contributed by atoms with Crippen LogP contribution in [0.3, 0.4) is 0 Å². The Bertz CT molecular complexity index is 356. The molecule has 0 saturated carbocycles. The third-order valence-electron chi connectivity index (χ3n) is 3.03. The number of methoxy groups -OCH3 is 1. The molecule has 2 nitrogen and oxygen atoms in total. The molecule has 76 valence electrons. The summed E-state index contributed by atoms with van der Waals surface area (Å²) in [5.41, 5.74) is 3.68. The van der Waals surface area contributed by atoms with E-state index in [-0.39, 0.29) is 0 Å². The summed E-state index contributed by atoms with van der Waals surface area (Å²) in [5, 5.41) is 9.93. The van der Waals surface area contributed by atoms with Crippen molar-refractivity contribution in [3.8, 4) is 11.5 Å². The standard InChI is InChI=1S/C12H16O2/c1-8-7-11(14-2)12(13)10-6-4-3-5-9(8)10/h7,13H,3-6H2,1-2H3. The van der Waals surface area contributed by atoms with Gasteiger partial charge < -0.3 is 9.84 Å². The minimum atomic E-state index is 0.354. The molecular formula is C12H16O2. The molecule has 1 aromatic rings. The Morgan fingerprint density at radius 2 is 1.86 bits per heavy atom. The van der Waals surface area contributed by atoms with Gasteiger partial charge in [-0.3, -0.25) is 0 Å². The number of hydrogen-bond acceptors (Lipinski definition) is 2. The summed E-state index contributed by atoms with van der Waals surface area (Å²) >= 11 is 0. The molecule has 0 spiro atoms. The predicted octanol–water partition coefficient (Wildman–Crippen LogP) is 2.59. The molecule has 1 N–H and O–H groups in total. The lowest BCUT2D eigenvalue weighted by Crippen LogP contribution is -2.06. The fraction of sp³-hybridized carbons (Fsp3) is 0.500. The second-order valence-corrected chi connectivity index (χ2v) is 3.91. The summed E-state index contributed by atoms with van der Waals surface area (Å²) in [6, 6.07) is 1.93. The highest BCUT2D eigenvalue weighted by Gasteiger charge is 2.18. The molecule has 0 fully saturated rings. The molecule has 14 heavy (non-hydrogen) atoms. The van der Waals surface area contributed by atoms with Crippen molar-refractivity contribution in [2.75, 3.05) is 7.11 Å². The molecule has 1 aromatic carbocycles. The largest absolute Gasteiger partial charge is 0.504 e. The van der Waals surface area contributed by atoms with E-state index in [0.29, 0.717) is 11.5 Å². The number of ether oxygens (including phenoxy) is 1. The minimum Gasteiger partial charge on any atom is -0.504 e. The highest BCUT2D eigenvalue weighted by Crippen LogP contribution is 2.38. The second-order valence-electron chi connectivity index (χ2n) is 3.91. The van der Waals surface area contributed by atoms with Gasteiger partial charge in [0, 0.05) is 5.56 Å². The third-order valence-corrected chi connectivity index (χ3v) is 3.03. The zero-order valence-electron chi connectivity index (χ0n) is 8.76. The van der Waals surface area contributed by atoms with Crippen molar-refractivity contribution < 1.29 is 9.84 Å². The number of benzene rings is 1. The molecule has 1 aliphatic carbocycles. The van der Waals surface area contributed by atoms with Crippen molar-refractivity contribution in [2.24, 2.45) is 0 Å². The lowest BCUT2D eigenvalue weighted by molar-refractivity contribution is 0.368. The van der Waals surface area contributed by atoms with Crippen LogP contribution >= 0.6 is 0 Å². The Labute approximate surface area is 84.5 Å². The van der Waals surface area contributed by atoms with Gasteiger partial charge in [-0.15, -0.1) is 0 Å². The first-order valence-corrected chi connectivity index (χ1v) is 5.12. The summed E-state index contributed by atoms with van der Waals surface area (Å²) in [4.78, 5) is 0. The second kappa shape index (κ2) is 3.52. The van der Waals surface area contributed by atoms with Crippen LogP contribution < -0.4 is 4.74 Å². The normalized spacial score (nSPS) is 15.0. The molecule has 0 aliphatic heterocycles. The van der Waals surface area contributed by atoms with E-state index in [0.717, 1.165) is 18.4 Å². The Kier molecular flexibility index (Phi) is 2.36. The van der Waals surface area contributed by atoms with E-state index in [1.165, 1.54) is 24.0 Å². The van der Waals surface area contributed by atoms with E-state index < -0.39 is 0 Å². The Morgan fingerprint density at radius 3 is 2.50 bits per heavy atom. The van der Waals surface area contributed by atoms with Crippen LogP contribution in [0.2, 0.25) is 0 Å². The summed E-state index contributed by atoms with van der Waals surface area (Å²) < 4.78 is 5.14. The van der Waals surface area contributed by atoms with Gasteiger partial charge in [-0.05, 0) is 49.8 Å². The van der Waals surface area contributed by atoms with Gasteiger partial charge in [-0.1, -0.05) is 0 Å². The number of aromatic hydroxyl groups is 1. The number of fused-ring (bicyclic) bond motifs is 1. The number of phenols is 1.